The zero-order valence-corrected chi connectivity index (χ0v) is 13.9. The van der Waals surface area contributed by atoms with Gasteiger partial charge in [-0.1, -0.05) is 15.9 Å². The topological polar surface area (TPSA) is 76.5 Å². The molecule has 1 aliphatic heterocycles. The van der Waals surface area contributed by atoms with Gasteiger partial charge in [-0.3, -0.25) is 4.79 Å². The van der Waals surface area contributed by atoms with Gasteiger partial charge in [-0.2, -0.15) is 0 Å². The molecule has 116 valence electrons. The summed E-state index contributed by atoms with van der Waals surface area (Å²) in [5, 5.41) is 0.770. The summed E-state index contributed by atoms with van der Waals surface area (Å²) >= 11 is 3.40. The Morgan fingerprint density at radius 2 is 2.27 bits per heavy atom. The third kappa shape index (κ3) is 2.57. The molecule has 0 radical (unpaired) electrons. The molecule has 1 aliphatic rings. The average molecular weight is 365 g/mol. The lowest BCUT2D eigenvalue weighted by Crippen LogP contribution is -2.33. The van der Waals surface area contributed by atoms with E-state index in [1.807, 2.05) is 6.07 Å². The largest absolute Gasteiger partial charge is 0.422 e. The smallest absolute Gasteiger partial charge is 0.349 e. The standard InChI is InChI=1S/C16H17BrN2O3/c1-9-12-6-11(17)2-3-13(12)22-16(21)14(9)15(20)19-5-4-10(7-18)8-19/h2-3,6,10H,4-5,7-8,18H2,1H3. The zero-order valence-electron chi connectivity index (χ0n) is 12.3. The second-order valence-electron chi connectivity index (χ2n) is 5.67. The van der Waals surface area contributed by atoms with E-state index in [1.165, 1.54) is 0 Å². The van der Waals surface area contributed by atoms with Crippen molar-refractivity contribution in [1.29, 1.82) is 0 Å². The molecule has 6 heteroatoms. The van der Waals surface area contributed by atoms with Gasteiger partial charge < -0.3 is 15.1 Å². The molecule has 3 rings (SSSR count). The van der Waals surface area contributed by atoms with Crippen LogP contribution < -0.4 is 11.4 Å². The monoisotopic (exact) mass is 364 g/mol. The zero-order chi connectivity index (χ0) is 15.9. The van der Waals surface area contributed by atoms with Crippen molar-refractivity contribution in [2.24, 2.45) is 11.7 Å². The minimum Gasteiger partial charge on any atom is -0.422 e. The summed E-state index contributed by atoms with van der Waals surface area (Å²) in [5.74, 6) is 0.0509. The molecule has 0 bridgehead atoms. The van der Waals surface area contributed by atoms with Crippen LogP contribution in [0.15, 0.2) is 31.9 Å². The maximum Gasteiger partial charge on any atom is 0.349 e. The van der Waals surface area contributed by atoms with Crippen LogP contribution in [0.1, 0.15) is 22.3 Å². The van der Waals surface area contributed by atoms with E-state index in [9.17, 15) is 9.59 Å². The highest BCUT2D eigenvalue weighted by Crippen LogP contribution is 2.25. The quantitative estimate of drug-likeness (QED) is 0.829. The van der Waals surface area contributed by atoms with Crippen molar-refractivity contribution in [3.05, 3.63) is 44.2 Å². The van der Waals surface area contributed by atoms with Gasteiger partial charge in [0.25, 0.3) is 5.91 Å². The van der Waals surface area contributed by atoms with E-state index in [-0.39, 0.29) is 11.5 Å². The molecule has 2 heterocycles. The number of fused-ring (bicyclic) bond motifs is 1. The summed E-state index contributed by atoms with van der Waals surface area (Å²) < 4.78 is 6.19. The molecule has 1 aromatic carbocycles. The second-order valence-corrected chi connectivity index (χ2v) is 6.59. The molecule has 22 heavy (non-hydrogen) atoms. The van der Waals surface area contributed by atoms with E-state index in [2.05, 4.69) is 15.9 Å². The van der Waals surface area contributed by atoms with Crippen LogP contribution in [-0.2, 0) is 0 Å². The number of likely N-dealkylation sites (tertiary alicyclic amines) is 1. The Morgan fingerprint density at radius 3 is 2.95 bits per heavy atom. The molecule has 1 fully saturated rings. The molecule has 0 aliphatic carbocycles. The summed E-state index contributed by atoms with van der Waals surface area (Å²) in [6, 6.07) is 5.39. The van der Waals surface area contributed by atoms with Gasteiger partial charge in [0.2, 0.25) is 0 Å². The van der Waals surface area contributed by atoms with E-state index in [0.29, 0.717) is 36.7 Å². The molecule has 1 unspecified atom stereocenters. The molecular weight excluding hydrogens is 348 g/mol. The fourth-order valence-corrected chi connectivity index (χ4v) is 3.30. The fraction of sp³-hybridized carbons (Fsp3) is 0.375. The van der Waals surface area contributed by atoms with Crippen molar-refractivity contribution in [3.63, 3.8) is 0 Å². The summed E-state index contributed by atoms with van der Waals surface area (Å²) in [6.07, 6.45) is 0.881. The first-order valence-corrected chi connectivity index (χ1v) is 8.03. The van der Waals surface area contributed by atoms with Gasteiger partial charge in [0.05, 0.1) is 0 Å². The highest BCUT2D eigenvalue weighted by atomic mass is 79.9. The Morgan fingerprint density at radius 1 is 1.50 bits per heavy atom. The number of rotatable bonds is 2. The molecular formula is C16H17BrN2O3. The Kier molecular flexibility index (Phi) is 4.06. The third-order valence-electron chi connectivity index (χ3n) is 4.25. The molecule has 1 aromatic heterocycles. The van der Waals surface area contributed by atoms with Gasteiger partial charge in [0, 0.05) is 22.9 Å². The van der Waals surface area contributed by atoms with Crippen LogP contribution in [0.3, 0.4) is 0 Å². The van der Waals surface area contributed by atoms with Crippen molar-refractivity contribution in [1.82, 2.24) is 4.90 Å². The SMILES string of the molecule is Cc1c(C(=O)N2CCC(CN)C2)c(=O)oc2ccc(Br)cc12. The molecule has 5 nitrogen and oxygen atoms in total. The maximum absolute atomic E-state index is 12.7. The van der Waals surface area contributed by atoms with Crippen molar-refractivity contribution >= 4 is 32.8 Å². The molecule has 2 aromatic rings. The van der Waals surface area contributed by atoms with E-state index in [4.69, 9.17) is 10.2 Å². The number of amides is 1. The molecule has 1 atom stereocenters. The van der Waals surface area contributed by atoms with Gasteiger partial charge >= 0.3 is 5.63 Å². The Balaban J connectivity index is 2.07. The van der Waals surface area contributed by atoms with Crippen LogP contribution in [0.2, 0.25) is 0 Å². The lowest BCUT2D eigenvalue weighted by molar-refractivity contribution is 0.0783. The summed E-state index contributed by atoms with van der Waals surface area (Å²) in [4.78, 5) is 26.6. The predicted octanol–water partition coefficient (Wildman–Crippen LogP) is 2.28. The number of aryl methyl sites for hydroxylation is 1. The first kappa shape index (κ1) is 15.2. The van der Waals surface area contributed by atoms with Gasteiger partial charge in [-0.05, 0) is 49.6 Å². The Hall–Kier alpha value is -1.66. The lowest BCUT2D eigenvalue weighted by atomic mass is 10.1. The van der Waals surface area contributed by atoms with Crippen LogP contribution in [0.4, 0.5) is 0 Å². The van der Waals surface area contributed by atoms with Crippen molar-refractivity contribution in [2.45, 2.75) is 13.3 Å². The van der Waals surface area contributed by atoms with E-state index >= 15 is 0 Å². The Labute approximate surface area is 136 Å². The number of hydrogen-bond donors (Lipinski definition) is 1. The predicted molar refractivity (Wildman–Crippen MR) is 88.0 cm³/mol. The van der Waals surface area contributed by atoms with Crippen molar-refractivity contribution < 1.29 is 9.21 Å². The summed E-state index contributed by atoms with van der Waals surface area (Å²) in [6.45, 7) is 3.58. The fourth-order valence-electron chi connectivity index (χ4n) is 2.94. The first-order chi connectivity index (χ1) is 10.5. The average Bonchev–Trinajstić information content (AvgIpc) is 2.97. The number of halogens is 1. The number of carbonyl (C=O) groups is 1. The van der Waals surface area contributed by atoms with E-state index < -0.39 is 5.63 Å². The number of nitrogens with two attached hydrogens (primary N) is 1. The lowest BCUT2D eigenvalue weighted by Gasteiger charge is -2.17. The second kappa shape index (κ2) is 5.85. The van der Waals surface area contributed by atoms with Crippen molar-refractivity contribution in [3.8, 4) is 0 Å². The number of benzene rings is 1. The van der Waals surface area contributed by atoms with Gasteiger partial charge in [0.15, 0.2) is 0 Å². The molecule has 1 saturated heterocycles. The summed E-state index contributed by atoms with van der Waals surface area (Å²) in [5.41, 5.74) is 6.37. The van der Waals surface area contributed by atoms with E-state index in [1.54, 1.807) is 24.0 Å². The molecule has 2 N–H and O–H groups in total. The van der Waals surface area contributed by atoms with Gasteiger partial charge in [-0.15, -0.1) is 0 Å². The van der Waals surface area contributed by atoms with Crippen LogP contribution in [-0.4, -0.2) is 30.4 Å². The van der Waals surface area contributed by atoms with Gasteiger partial charge in [0.1, 0.15) is 11.1 Å². The van der Waals surface area contributed by atoms with Crippen LogP contribution in [0.25, 0.3) is 11.0 Å². The third-order valence-corrected chi connectivity index (χ3v) is 4.74. The summed E-state index contributed by atoms with van der Waals surface area (Å²) in [7, 11) is 0. The van der Waals surface area contributed by atoms with Crippen LogP contribution in [0, 0.1) is 12.8 Å². The highest BCUT2D eigenvalue weighted by Gasteiger charge is 2.29. The number of hydrogen-bond acceptors (Lipinski definition) is 4. The van der Waals surface area contributed by atoms with Crippen LogP contribution >= 0.6 is 15.9 Å². The molecule has 1 amide bonds. The number of carbonyl (C=O) groups excluding carboxylic acids is 1. The minimum atomic E-state index is -0.575. The molecule has 0 saturated carbocycles. The first-order valence-electron chi connectivity index (χ1n) is 7.23. The molecule has 0 spiro atoms. The highest BCUT2D eigenvalue weighted by molar-refractivity contribution is 9.10. The normalized spacial score (nSPS) is 18.1. The number of nitrogens with zero attached hydrogens (tertiary/aromatic N) is 1. The van der Waals surface area contributed by atoms with Gasteiger partial charge in [-0.25, -0.2) is 4.79 Å². The minimum absolute atomic E-state index is 0.128. The maximum atomic E-state index is 12.7. The van der Waals surface area contributed by atoms with Crippen LogP contribution in [0.5, 0.6) is 0 Å². The van der Waals surface area contributed by atoms with Crippen molar-refractivity contribution in [2.75, 3.05) is 19.6 Å². The Bertz CT molecular complexity index is 800. The van der Waals surface area contributed by atoms with E-state index in [0.717, 1.165) is 16.3 Å².